The second-order valence-electron chi connectivity index (χ2n) is 3.45. The number of halogens is 1. The van der Waals surface area contributed by atoms with E-state index in [9.17, 15) is 14.0 Å². The van der Waals surface area contributed by atoms with E-state index in [0.29, 0.717) is 11.4 Å². The highest BCUT2D eigenvalue weighted by Crippen LogP contribution is 2.03. The van der Waals surface area contributed by atoms with Crippen molar-refractivity contribution in [3.05, 3.63) is 56.7 Å². The maximum Gasteiger partial charge on any atom is 0.328 e. The fraction of sp³-hybridized carbons (Fsp3) is 0.100. The molecular formula is C10H9FN4O2. The molecule has 6 nitrogen and oxygen atoms in total. The fourth-order valence-corrected chi connectivity index (χ4v) is 1.39. The summed E-state index contributed by atoms with van der Waals surface area (Å²) in [5.74, 6) is -0.702. The van der Waals surface area contributed by atoms with Crippen molar-refractivity contribution in [3.8, 4) is 0 Å². The molecule has 0 unspecified atom stereocenters. The van der Waals surface area contributed by atoms with Crippen molar-refractivity contribution in [1.29, 1.82) is 0 Å². The number of anilines is 1. The van der Waals surface area contributed by atoms with Crippen LogP contribution in [-0.2, 0) is 6.54 Å². The van der Waals surface area contributed by atoms with Crippen molar-refractivity contribution in [2.24, 2.45) is 0 Å². The summed E-state index contributed by atoms with van der Waals surface area (Å²) in [6.45, 7) is 0.110. The maximum atomic E-state index is 13.0. The molecular weight excluding hydrogens is 227 g/mol. The number of hydrogen-bond donors (Lipinski definition) is 2. The lowest BCUT2D eigenvalue weighted by molar-refractivity contribution is 0.566. The number of nitrogens with one attached hydrogen (secondary N) is 1. The van der Waals surface area contributed by atoms with E-state index >= 15 is 0 Å². The largest absolute Gasteiger partial charge is 0.384 e. The lowest BCUT2D eigenvalue weighted by Gasteiger charge is -2.05. The van der Waals surface area contributed by atoms with E-state index in [1.807, 2.05) is 4.98 Å². The number of aromatic nitrogens is 3. The Bertz CT molecular complexity index is 662. The quantitative estimate of drug-likeness (QED) is 0.748. The minimum atomic E-state index is -1.03. The maximum absolute atomic E-state index is 13.0. The van der Waals surface area contributed by atoms with E-state index in [-0.39, 0.29) is 6.54 Å². The zero-order chi connectivity index (χ0) is 12.4. The number of nitrogens with zero attached hydrogens (tertiary/aromatic N) is 2. The van der Waals surface area contributed by atoms with Crippen LogP contribution >= 0.6 is 0 Å². The van der Waals surface area contributed by atoms with Gasteiger partial charge in [-0.15, -0.1) is 0 Å². The highest BCUT2D eigenvalue weighted by molar-refractivity contribution is 5.31. The summed E-state index contributed by atoms with van der Waals surface area (Å²) in [6, 6.07) is 3.21. The molecule has 2 aromatic heterocycles. The molecule has 7 heteroatoms. The molecule has 0 saturated heterocycles. The summed E-state index contributed by atoms with van der Waals surface area (Å²) in [4.78, 5) is 27.9. The molecule has 88 valence electrons. The van der Waals surface area contributed by atoms with Gasteiger partial charge < -0.3 is 5.73 Å². The van der Waals surface area contributed by atoms with Gasteiger partial charge in [0.1, 0.15) is 5.82 Å². The molecule has 0 aliphatic carbocycles. The molecule has 0 saturated carbocycles. The third-order valence-electron chi connectivity index (χ3n) is 2.17. The summed E-state index contributed by atoms with van der Waals surface area (Å²) < 4.78 is 14.0. The van der Waals surface area contributed by atoms with Gasteiger partial charge in [0.15, 0.2) is 0 Å². The lowest BCUT2D eigenvalue weighted by atomic mass is 10.2. The van der Waals surface area contributed by atoms with Crippen molar-refractivity contribution in [2.75, 3.05) is 5.73 Å². The predicted molar refractivity (Wildman–Crippen MR) is 59.0 cm³/mol. The molecule has 0 aliphatic heterocycles. The third kappa shape index (κ3) is 2.39. The van der Waals surface area contributed by atoms with E-state index in [1.54, 1.807) is 12.1 Å². The number of pyridine rings is 1. The van der Waals surface area contributed by atoms with Crippen molar-refractivity contribution >= 4 is 5.82 Å². The predicted octanol–water partition coefficient (Wildman–Crippen LogP) is -0.299. The van der Waals surface area contributed by atoms with Gasteiger partial charge in [0.25, 0.3) is 5.56 Å². The van der Waals surface area contributed by atoms with Gasteiger partial charge in [0, 0.05) is 6.20 Å². The Hall–Kier alpha value is -2.44. The van der Waals surface area contributed by atoms with Crippen LogP contribution in [-0.4, -0.2) is 14.5 Å². The Labute approximate surface area is 94.6 Å². The Morgan fingerprint density at radius 2 is 2.24 bits per heavy atom. The minimum Gasteiger partial charge on any atom is -0.384 e. The molecule has 0 aliphatic rings. The molecule has 17 heavy (non-hydrogen) atoms. The summed E-state index contributed by atoms with van der Waals surface area (Å²) in [5.41, 5.74) is 4.46. The molecule has 2 heterocycles. The lowest BCUT2D eigenvalue weighted by Crippen LogP contribution is -2.31. The Morgan fingerprint density at radius 3 is 2.94 bits per heavy atom. The summed E-state index contributed by atoms with van der Waals surface area (Å²) in [7, 11) is 0. The van der Waals surface area contributed by atoms with E-state index in [2.05, 4.69) is 4.98 Å². The van der Waals surface area contributed by atoms with Crippen LogP contribution < -0.4 is 17.0 Å². The number of H-pyrrole nitrogens is 1. The van der Waals surface area contributed by atoms with Gasteiger partial charge in [0.05, 0.1) is 12.7 Å². The zero-order valence-electron chi connectivity index (χ0n) is 8.68. The van der Waals surface area contributed by atoms with E-state index in [4.69, 9.17) is 5.73 Å². The van der Waals surface area contributed by atoms with Gasteiger partial charge >= 0.3 is 5.69 Å². The van der Waals surface area contributed by atoms with Gasteiger partial charge in [-0.3, -0.25) is 14.3 Å². The van der Waals surface area contributed by atoms with Gasteiger partial charge in [-0.25, -0.2) is 9.78 Å². The molecule has 0 spiro atoms. The molecule has 0 radical (unpaired) electrons. The van der Waals surface area contributed by atoms with Crippen molar-refractivity contribution in [2.45, 2.75) is 6.54 Å². The highest BCUT2D eigenvalue weighted by atomic mass is 19.1. The van der Waals surface area contributed by atoms with Crippen LogP contribution in [0, 0.1) is 5.82 Å². The average Bonchev–Trinajstić information content (AvgIpc) is 2.26. The molecule has 3 N–H and O–H groups in total. The highest BCUT2D eigenvalue weighted by Gasteiger charge is 2.04. The van der Waals surface area contributed by atoms with E-state index < -0.39 is 17.1 Å². The number of aromatic amines is 1. The summed E-state index contributed by atoms with van der Waals surface area (Å²) >= 11 is 0. The van der Waals surface area contributed by atoms with Crippen LogP contribution in [0.1, 0.15) is 5.56 Å². The van der Waals surface area contributed by atoms with Gasteiger partial charge in [-0.1, -0.05) is 0 Å². The van der Waals surface area contributed by atoms with Crippen LogP contribution in [0.15, 0.2) is 34.1 Å². The Kier molecular flexibility index (Phi) is 2.73. The number of nitrogens with two attached hydrogens (primary N) is 1. The van der Waals surface area contributed by atoms with Gasteiger partial charge in [-0.05, 0) is 17.7 Å². The molecule has 0 bridgehead atoms. The molecule has 0 amide bonds. The van der Waals surface area contributed by atoms with Crippen molar-refractivity contribution in [1.82, 2.24) is 14.5 Å². The van der Waals surface area contributed by atoms with Crippen molar-refractivity contribution < 1.29 is 4.39 Å². The standard InChI is InChI=1S/C10H9FN4O2/c11-7-5-15(10(17)14-9(7)16)4-6-1-2-13-8(12)3-6/h1-3,5H,4H2,(H2,12,13)(H,14,16,17). The third-order valence-corrected chi connectivity index (χ3v) is 2.17. The van der Waals surface area contributed by atoms with Gasteiger partial charge in [-0.2, -0.15) is 4.39 Å². The zero-order valence-corrected chi connectivity index (χ0v) is 8.68. The molecule has 0 aromatic carbocycles. The first kappa shape index (κ1) is 11.1. The summed E-state index contributed by atoms with van der Waals surface area (Å²) in [6.07, 6.45) is 2.34. The Balaban J connectivity index is 2.40. The fourth-order valence-electron chi connectivity index (χ4n) is 1.39. The first-order valence-electron chi connectivity index (χ1n) is 4.76. The van der Waals surface area contributed by atoms with E-state index in [1.165, 1.54) is 6.20 Å². The average molecular weight is 236 g/mol. The molecule has 2 rings (SSSR count). The smallest absolute Gasteiger partial charge is 0.328 e. The van der Waals surface area contributed by atoms with Crippen molar-refractivity contribution in [3.63, 3.8) is 0 Å². The first-order valence-corrected chi connectivity index (χ1v) is 4.76. The van der Waals surface area contributed by atoms with Crippen LogP contribution in [0.3, 0.4) is 0 Å². The Morgan fingerprint density at radius 1 is 1.47 bits per heavy atom. The van der Waals surface area contributed by atoms with E-state index in [0.717, 1.165) is 10.8 Å². The second kappa shape index (κ2) is 4.20. The molecule has 0 fully saturated rings. The van der Waals surface area contributed by atoms with Crippen LogP contribution in [0.2, 0.25) is 0 Å². The SMILES string of the molecule is Nc1cc(Cn2cc(F)c(=O)[nH]c2=O)ccn1. The second-order valence-corrected chi connectivity index (χ2v) is 3.45. The van der Waals surface area contributed by atoms with Crippen LogP contribution in [0.5, 0.6) is 0 Å². The van der Waals surface area contributed by atoms with Gasteiger partial charge in [0.2, 0.25) is 5.82 Å². The number of rotatable bonds is 2. The topological polar surface area (TPSA) is 93.8 Å². The summed E-state index contributed by atoms with van der Waals surface area (Å²) in [5, 5.41) is 0. The minimum absolute atomic E-state index is 0.110. The normalized spacial score (nSPS) is 10.4. The first-order chi connectivity index (χ1) is 8.06. The van der Waals surface area contributed by atoms with Crippen LogP contribution in [0.25, 0.3) is 0 Å². The number of hydrogen-bond acceptors (Lipinski definition) is 4. The number of nitrogen functional groups attached to an aromatic ring is 1. The monoisotopic (exact) mass is 236 g/mol. The van der Waals surface area contributed by atoms with Crippen LogP contribution in [0.4, 0.5) is 10.2 Å². The molecule has 2 aromatic rings. The molecule has 0 atom stereocenters.